The molecule has 0 atom stereocenters. The molecule has 0 saturated carbocycles. The molecular formula is C12H17ClN2O2. The Kier molecular flexibility index (Phi) is 4.78. The molecule has 1 aromatic carbocycles. The third-order valence-electron chi connectivity index (χ3n) is 2.15. The summed E-state index contributed by atoms with van der Waals surface area (Å²) in [7, 11) is 0. The molecule has 0 unspecified atom stereocenters. The third kappa shape index (κ3) is 5.06. The van der Waals surface area contributed by atoms with Gasteiger partial charge in [0.05, 0.1) is 0 Å². The molecule has 0 fully saturated rings. The van der Waals surface area contributed by atoms with Crippen LogP contribution >= 0.6 is 11.6 Å². The van der Waals surface area contributed by atoms with Crippen LogP contribution in [0.4, 0.5) is 0 Å². The van der Waals surface area contributed by atoms with E-state index in [1.807, 2.05) is 13.8 Å². The molecule has 94 valence electrons. The SMILES string of the molecule is CC(C)(CN)NC(=O)COc1cccc(Cl)c1. The summed E-state index contributed by atoms with van der Waals surface area (Å²) >= 11 is 5.79. The van der Waals surface area contributed by atoms with Crippen molar-refractivity contribution in [1.82, 2.24) is 5.32 Å². The Balaban J connectivity index is 2.44. The molecule has 0 aromatic heterocycles. The van der Waals surface area contributed by atoms with Gasteiger partial charge in [0.1, 0.15) is 5.75 Å². The first-order valence-electron chi connectivity index (χ1n) is 5.32. The Hall–Kier alpha value is -1.26. The Morgan fingerprint density at radius 3 is 2.82 bits per heavy atom. The standard InChI is InChI=1S/C12H17ClN2O2/c1-12(2,8-14)15-11(16)7-17-10-5-3-4-9(13)6-10/h3-6H,7-8,14H2,1-2H3,(H,15,16). The lowest BCUT2D eigenvalue weighted by molar-refractivity contribution is -0.124. The Morgan fingerprint density at radius 2 is 2.24 bits per heavy atom. The van der Waals surface area contributed by atoms with E-state index in [0.717, 1.165) is 0 Å². The zero-order chi connectivity index (χ0) is 12.9. The van der Waals surface area contributed by atoms with Crippen LogP contribution in [0.1, 0.15) is 13.8 Å². The topological polar surface area (TPSA) is 64.3 Å². The van der Waals surface area contributed by atoms with E-state index in [-0.39, 0.29) is 12.5 Å². The highest BCUT2D eigenvalue weighted by molar-refractivity contribution is 6.30. The zero-order valence-electron chi connectivity index (χ0n) is 10.00. The predicted molar refractivity (Wildman–Crippen MR) is 68.2 cm³/mol. The number of nitrogens with two attached hydrogens (primary N) is 1. The van der Waals surface area contributed by atoms with Crippen molar-refractivity contribution in [2.75, 3.05) is 13.2 Å². The molecule has 4 nitrogen and oxygen atoms in total. The molecule has 1 rings (SSSR count). The molecule has 3 N–H and O–H groups in total. The summed E-state index contributed by atoms with van der Waals surface area (Å²) in [6, 6.07) is 6.90. The number of hydrogen-bond acceptors (Lipinski definition) is 3. The van der Waals surface area contributed by atoms with Gasteiger partial charge in [-0.1, -0.05) is 17.7 Å². The van der Waals surface area contributed by atoms with Crippen LogP contribution in [0.2, 0.25) is 5.02 Å². The average molecular weight is 257 g/mol. The number of amides is 1. The van der Waals surface area contributed by atoms with Crippen molar-refractivity contribution in [1.29, 1.82) is 0 Å². The second-order valence-electron chi connectivity index (χ2n) is 4.38. The van der Waals surface area contributed by atoms with E-state index in [4.69, 9.17) is 22.1 Å². The lowest BCUT2D eigenvalue weighted by atomic mass is 10.1. The smallest absolute Gasteiger partial charge is 0.258 e. The van der Waals surface area contributed by atoms with Gasteiger partial charge in [-0.25, -0.2) is 0 Å². The summed E-state index contributed by atoms with van der Waals surface area (Å²) in [6.07, 6.45) is 0. The fraction of sp³-hybridized carbons (Fsp3) is 0.417. The van der Waals surface area contributed by atoms with Gasteiger partial charge in [-0.2, -0.15) is 0 Å². The third-order valence-corrected chi connectivity index (χ3v) is 2.39. The lowest BCUT2D eigenvalue weighted by Gasteiger charge is -2.24. The van der Waals surface area contributed by atoms with Crippen LogP contribution in [0, 0.1) is 0 Å². The largest absolute Gasteiger partial charge is 0.484 e. The predicted octanol–water partition coefficient (Wildman–Crippen LogP) is 1.57. The van der Waals surface area contributed by atoms with Crippen molar-refractivity contribution < 1.29 is 9.53 Å². The highest BCUT2D eigenvalue weighted by Crippen LogP contribution is 2.16. The minimum Gasteiger partial charge on any atom is -0.484 e. The van der Waals surface area contributed by atoms with Gasteiger partial charge in [-0.15, -0.1) is 0 Å². The van der Waals surface area contributed by atoms with Crippen LogP contribution < -0.4 is 15.8 Å². The first-order chi connectivity index (χ1) is 7.93. The van der Waals surface area contributed by atoms with Crippen molar-refractivity contribution in [3.05, 3.63) is 29.3 Å². The van der Waals surface area contributed by atoms with Gasteiger partial charge in [0.2, 0.25) is 0 Å². The molecule has 0 saturated heterocycles. The van der Waals surface area contributed by atoms with Gasteiger partial charge in [-0.3, -0.25) is 4.79 Å². The van der Waals surface area contributed by atoms with Crippen molar-refractivity contribution in [3.63, 3.8) is 0 Å². The molecule has 0 aliphatic heterocycles. The van der Waals surface area contributed by atoms with E-state index in [1.54, 1.807) is 24.3 Å². The highest BCUT2D eigenvalue weighted by atomic mass is 35.5. The minimum absolute atomic E-state index is 0.0518. The Bertz CT molecular complexity index is 394. The number of carbonyl (C=O) groups is 1. The summed E-state index contributed by atoms with van der Waals surface area (Å²) in [4.78, 5) is 11.6. The van der Waals surface area contributed by atoms with Crippen LogP contribution in [0.15, 0.2) is 24.3 Å². The summed E-state index contributed by atoms with van der Waals surface area (Å²) in [5, 5.41) is 3.34. The maximum atomic E-state index is 11.6. The van der Waals surface area contributed by atoms with E-state index in [9.17, 15) is 4.79 Å². The van der Waals surface area contributed by atoms with Gasteiger partial charge >= 0.3 is 0 Å². The van der Waals surface area contributed by atoms with Crippen LogP contribution in [0.5, 0.6) is 5.75 Å². The zero-order valence-corrected chi connectivity index (χ0v) is 10.8. The normalized spacial score (nSPS) is 11.1. The molecule has 0 aliphatic rings. The molecule has 0 radical (unpaired) electrons. The van der Waals surface area contributed by atoms with Gasteiger partial charge in [0, 0.05) is 17.1 Å². The van der Waals surface area contributed by atoms with Crippen molar-refractivity contribution in [2.24, 2.45) is 5.73 Å². The van der Waals surface area contributed by atoms with Gasteiger partial charge in [0.15, 0.2) is 6.61 Å². The second kappa shape index (κ2) is 5.89. The van der Waals surface area contributed by atoms with Gasteiger partial charge in [-0.05, 0) is 32.0 Å². The summed E-state index contributed by atoms with van der Waals surface area (Å²) in [5.74, 6) is 0.360. The molecule has 5 heteroatoms. The maximum Gasteiger partial charge on any atom is 0.258 e. The number of rotatable bonds is 5. The molecule has 17 heavy (non-hydrogen) atoms. The minimum atomic E-state index is -0.422. The second-order valence-corrected chi connectivity index (χ2v) is 4.82. The Morgan fingerprint density at radius 1 is 1.53 bits per heavy atom. The van der Waals surface area contributed by atoms with Crippen LogP contribution in [-0.4, -0.2) is 24.6 Å². The Labute approximate surface area is 106 Å². The summed E-state index contributed by atoms with van der Waals surface area (Å²) in [5.41, 5.74) is 5.09. The number of halogens is 1. The van der Waals surface area contributed by atoms with E-state index < -0.39 is 5.54 Å². The lowest BCUT2D eigenvalue weighted by Crippen LogP contribution is -2.50. The summed E-state index contributed by atoms with van der Waals surface area (Å²) in [6.45, 7) is 4.02. The molecular weight excluding hydrogens is 240 g/mol. The fourth-order valence-corrected chi connectivity index (χ4v) is 1.35. The van der Waals surface area contributed by atoms with Crippen LogP contribution in [0.3, 0.4) is 0 Å². The highest BCUT2D eigenvalue weighted by Gasteiger charge is 2.18. The van der Waals surface area contributed by atoms with Crippen molar-refractivity contribution in [2.45, 2.75) is 19.4 Å². The van der Waals surface area contributed by atoms with Gasteiger partial charge in [0.25, 0.3) is 5.91 Å². The first kappa shape index (κ1) is 13.8. The summed E-state index contributed by atoms with van der Waals surface area (Å²) < 4.78 is 5.30. The number of hydrogen-bond donors (Lipinski definition) is 2. The number of benzene rings is 1. The number of ether oxygens (including phenoxy) is 1. The number of nitrogens with one attached hydrogen (secondary N) is 1. The quantitative estimate of drug-likeness (QED) is 0.841. The van der Waals surface area contributed by atoms with Gasteiger partial charge < -0.3 is 15.8 Å². The molecule has 0 bridgehead atoms. The number of carbonyl (C=O) groups excluding carboxylic acids is 1. The monoisotopic (exact) mass is 256 g/mol. The van der Waals surface area contributed by atoms with E-state index in [0.29, 0.717) is 17.3 Å². The molecule has 0 spiro atoms. The van der Waals surface area contributed by atoms with E-state index in [1.165, 1.54) is 0 Å². The fourth-order valence-electron chi connectivity index (χ4n) is 1.17. The van der Waals surface area contributed by atoms with Crippen molar-refractivity contribution >= 4 is 17.5 Å². The maximum absolute atomic E-state index is 11.6. The van der Waals surface area contributed by atoms with Crippen LogP contribution in [0.25, 0.3) is 0 Å². The van der Waals surface area contributed by atoms with Crippen molar-refractivity contribution in [3.8, 4) is 5.75 Å². The molecule has 1 amide bonds. The molecule has 1 aromatic rings. The van der Waals surface area contributed by atoms with Crippen LogP contribution in [-0.2, 0) is 4.79 Å². The first-order valence-corrected chi connectivity index (χ1v) is 5.70. The average Bonchev–Trinajstić information content (AvgIpc) is 2.26. The van der Waals surface area contributed by atoms with E-state index in [2.05, 4.69) is 5.32 Å². The van der Waals surface area contributed by atoms with E-state index >= 15 is 0 Å². The molecule has 0 heterocycles. The molecule has 0 aliphatic carbocycles.